The van der Waals surface area contributed by atoms with Crippen LogP contribution in [-0.4, -0.2) is 22.3 Å². The van der Waals surface area contributed by atoms with E-state index >= 15 is 0 Å². The molecule has 0 aliphatic heterocycles. The lowest BCUT2D eigenvalue weighted by Crippen LogP contribution is -2.59. The van der Waals surface area contributed by atoms with Crippen LogP contribution in [0.2, 0.25) is 5.02 Å². The molecule has 4 heteroatoms. The van der Waals surface area contributed by atoms with E-state index in [9.17, 15) is 15.0 Å². The van der Waals surface area contributed by atoms with Crippen LogP contribution in [0.25, 0.3) is 0 Å². The largest absolute Gasteiger partial charge is 0.481 e. The van der Waals surface area contributed by atoms with Crippen molar-refractivity contribution in [1.29, 1.82) is 0 Å². The molecule has 2 N–H and O–H groups in total. The number of hydrogen-bond acceptors (Lipinski definition) is 2. The zero-order valence-electron chi connectivity index (χ0n) is 13.1. The fraction of sp³-hybridized carbons (Fsp3) is 0.632. The highest BCUT2D eigenvalue weighted by Gasteiger charge is 2.60. The van der Waals surface area contributed by atoms with Crippen LogP contribution in [0.3, 0.4) is 0 Å². The van der Waals surface area contributed by atoms with Gasteiger partial charge in [0.1, 0.15) is 0 Å². The number of hydrogen-bond donors (Lipinski definition) is 2. The predicted octanol–water partition coefficient (Wildman–Crippen LogP) is 3.77. The summed E-state index contributed by atoms with van der Waals surface area (Å²) in [6.45, 7) is 0. The Labute approximate surface area is 141 Å². The fourth-order valence-electron chi connectivity index (χ4n) is 6.01. The number of halogens is 1. The van der Waals surface area contributed by atoms with Crippen molar-refractivity contribution < 1.29 is 15.0 Å². The summed E-state index contributed by atoms with van der Waals surface area (Å²) in [7, 11) is 0. The monoisotopic (exact) mass is 334 g/mol. The maximum Gasteiger partial charge on any atom is 0.303 e. The van der Waals surface area contributed by atoms with E-state index in [-0.39, 0.29) is 17.9 Å². The molecule has 124 valence electrons. The van der Waals surface area contributed by atoms with Gasteiger partial charge in [0.15, 0.2) is 0 Å². The number of benzene rings is 1. The van der Waals surface area contributed by atoms with Crippen molar-refractivity contribution in [3.63, 3.8) is 0 Å². The molecule has 5 rings (SSSR count). The Balaban J connectivity index is 1.69. The van der Waals surface area contributed by atoms with Gasteiger partial charge in [0.05, 0.1) is 12.5 Å². The Kier molecular flexibility index (Phi) is 3.69. The smallest absolute Gasteiger partial charge is 0.303 e. The molecule has 4 saturated carbocycles. The van der Waals surface area contributed by atoms with Gasteiger partial charge >= 0.3 is 5.97 Å². The Morgan fingerprint density at radius 3 is 2.30 bits per heavy atom. The molecule has 4 aliphatic carbocycles. The summed E-state index contributed by atoms with van der Waals surface area (Å²) < 4.78 is 0. The second-order valence-electron chi connectivity index (χ2n) is 7.96. The summed E-state index contributed by atoms with van der Waals surface area (Å²) in [5, 5.41) is 20.7. The molecule has 0 aromatic heterocycles. The summed E-state index contributed by atoms with van der Waals surface area (Å²) in [5.41, 5.74) is 0.982. The first-order valence-corrected chi connectivity index (χ1v) is 9.00. The number of rotatable bonds is 4. The third-order valence-corrected chi connectivity index (χ3v) is 7.08. The molecule has 1 aromatic carbocycles. The van der Waals surface area contributed by atoms with Crippen molar-refractivity contribution in [1.82, 2.24) is 0 Å². The van der Waals surface area contributed by atoms with Crippen molar-refractivity contribution >= 4 is 17.6 Å². The molecule has 4 fully saturated rings. The standard InChI is InChI=1S/C19H23ClO3/c20-16-3-1-2-11(4-16)9-19(10-17(21)22)14-5-12-6-15(19)8-13(7-14)18(12)23/h1-4,12-15,18,23H,5-10H2,(H,21,22). The Morgan fingerprint density at radius 2 is 1.78 bits per heavy atom. The second kappa shape index (κ2) is 5.49. The van der Waals surface area contributed by atoms with E-state index < -0.39 is 5.97 Å². The lowest BCUT2D eigenvalue weighted by Gasteiger charge is -2.62. The van der Waals surface area contributed by atoms with Crippen molar-refractivity contribution in [2.24, 2.45) is 29.1 Å². The minimum absolute atomic E-state index is 0.156. The van der Waals surface area contributed by atoms with Crippen molar-refractivity contribution in [2.75, 3.05) is 0 Å². The van der Waals surface area contributed by atoms with Gasteiger partial charge < -0.3 is 10.2 Å². The highest BCUT2D eigenvalue weighted by Crippen LogP contribution is 2.64. The summed E-state index contributed by atoms with van der Waals surface area (Å²) in [6, 6.07) is 7.86. The van der Waals surface area contributed by atoms with Crippen molar-refractivity contribution in [3.05, 3.63) is 34.9 Å². The molecule has 3 nitrogen and oxygen atoms in total. The highest BCUT2D eigenvalue weighted by atomic mass is 35.5. The molecule has 0 heterocycles. The molecular weight excluding hydrogens is 312 g/mol. The maximum absolute atomic E-state index is 11.6. The lowest BCUT2D eigenvalue weighted by molar-refractivity contribution is -0.178. The van der Waals surface area contributed by atoms with E-state index in [1.54, 1.807) is 0 Å². The Bertz CT molecular complexity index is 597. The Morgan fingerprint density at radius 1 is 1.17 bits per heavy atom. The molecule has 0 saturated heterocycles. The van der Waals surface area contributed by atoms with Gasteiger partial charge in [0.2, 0.25) is 0 Å². The minimum atomic E-state index is -0.694. The lowest BCUT2D eigenvalue weighted by atomic mass is 9.42. The molecule has 1 aromatic rings. The van der Waals surface area contributed by atoms with E-state index in [4.69, 9.17) is 11.6 Å². The molecule has 0 spiro atoms. The summed E-state index contributed by atoms with van der Waals surface area (Å²) in [4.78, 5) is 11.6. The van der Waals surface area contributed by atoms with Crippen molar-refractivity contribution in [2.45, 2.75) is 44.6 Å². The van der Waals surface area contributed by atoms with E-state index in [0.29, 0.717) is 28.7 Å². The number of carbonyl (C=O) groups is 1. The first-order chi connectivity index (χ1) is 11.0. The first-order valence-electron chi connectivity index (χ1n) is 8.62. The molecule has 0 atom stereocenters. The van der Waals surface area contributed by atoms with Gasteiger partial charge in [-0.05, 0) is 78.9 Å². The molecule has 4 aliphatic rings. The van der Waals surface area contributed by atoms with Gasteiger partial charge in [-0.2, -0.15) is 0 Å². The van der Waals surface area contributed by atoms with Crippen LogP contribution in [0.4, 0.5) is 0 Å². The maximum atomic E-state index is 11.6. The van der Waals surface area contributed by atoms with Crippen LogP contribution >= 0.6 is 11.6 Å². The molecule has 0 unspecified atom stereocenters. The molecule has 0 radical (unpaired) electrons. The average Bonchev–Trinajstić information content (AvgIpc) is 2.45. The third kappa shape index (κ3) is 2.49. The van der Waals surface area contributed by atoms with Crippen LogP contribution < -0.4 is 0 Å². The van der Waals surface area contributed by atoms with Gasteiger partial charge in [-0.25, -0.2) is 0 Å². The quantitative estimate of drug-likeness (QED) is 0.881. The third-order valence-electron chi connectivity index (χ3n) is 6.84. The second-order valence-corrected chi connectivity index (χ2v) is 8.39. The molecular formula is C19H23ClO3. The van der Waals surface area contributed by atoms with Gasteiger partial charge in [-0.15, -0.1) is 0 Å². The van der Waals surface area contributed by atoms with Gasteiger partial charge in [-0.3, -0.25) is 4.79 Å². The molecule has 23 heavy (non-hydrogen) atoms. The fourth-order valence-corrected chi connectivity index (χ4v) is 6.22. The zero-order chi connectivity index (χ0) is 16.2. The van der Waals surface area contributed by atoms with Gasteiger partial charge in [0, 0.05) is 5.02 Å². The molecule has 4 bridgehead atoms. The Hall–Kier alpha value is -1.06. The molecule has 0 amide bonds. The van der Waals surface area contributed by atoms with Gasteiger partial charge in [0.25, 0.3) is 0 Å². The summed E-state index contributed by atoms with van der Waals surface area (Å²) in [6.07, 6.45) is 4.83. The van der Waals surface area contributed by atoms with Crippen molar-refractivity contribution in [3.8, 4) is 0 Å². The SMILES string of the molecule is O=C(O)CC1(Cc2cccc(Cl)c2)C2CC3CC1CC(C2)C3O. The van der Waals surface area contributed by atoms with Crippen LogP contribution in [0.15, 0.2) is 24.3 Å². The van der Waals surface area contributed by atoms with E-state index in [1.807, 2.05) is 18.2 Å². The van der Waals surface area contributed by atoms with Crippen LogP contribution in [0, 0.1) is 29.1 Å². The van der Waals surface area contributed by atoms with Crippen LogP contribution in [0.5, 0.6) is 0 Å². The topological polar surface area (TPSA) is 57.5 Å². The number of carboxylic acids is 1. The number of carboxylic acid groups (broad SMARTS) is 1. The first kappa shape index (κ1) is 15.5. The highest BCUT2D eigenvalue weighted by molar-refractivity contribution is 6.30. The summed E-state index contributed by atoms with van der Waals surface area (Å²) in [5.74, 6) is 0.921. The minimum Gasteiger partial charge on any atom is -0.481 e. The normalized spacial score (nSPS) is 41.2. The zero-order valence-corrected chi connectivity index (χ0v) is 13.9. The number of aliphatic carboxylic acids is 1. The van der Waals surface area contributed by atoms with Crippen LogP contribution in [0.1, 0.15) is 37.7 Å². The van der Waals surface area contributed by atoms with E-state index in [0.717, 1.165) is 37.7 Å². The predicted molar refractivity (Wildman–Crippen MR) is 88.3 cm³/mol. The average molecular weight is 335 g/mol. The number of aliphatic hydroxyl groups is 1. The summed E-state index contributed by atoms with van der Waals surface area (Å²) >= 11 is 6.13. The van der Waals surface area contributed by atoms with E-state index in [1.165, 1.54) is 0 Å². The number of aliphatic hydroxyl groups excluding tert-OH is 1. The van der Waals surface area contributed by atoms with E-state index in [2.05, 4.69) is 6.07 Å². The van der Waals surface area contributed by atoms with Gasteiger partial charge in [-0.1, -0.05) is 23.7 Å². The van der Waals surface area contributed by atoms with Crippen LogP contribution in [-0.2, 0) is 11.2 Å².